The van der Waals surface area contributed by atoms with Gasteiger partial charge in [-0.15, -0.1) is 11.3 Å². The summed E-state index contributed by atoms with van der Waals surface area (Å²) in [5.74, 6) is 0.302. The Morgan fingerprint density at radius 3 is 2.61 bits per heavy atom. The van der Waals surface area contributed by atoms with Gasteiger partial charge in [0.1, 0.15) is 5.01 Å². The first-order valence-electron chi connectivity index (χ1n) is 7.87. The first-order chi connectivity index (χ1) is 11.1. The average molecular weight is 331 g/mol. The molecule has 1 saturated heterocycles. The fraction of sp³-hybridized carbons (Fsp3) is 0.412. The Balaban J connectivity index is 1.56. The average Bonchev–Trinajstić information content (AvgIpc) is 3.10. The van der Waals surface area contributed by atoms with Crippen molar-refractivity contribution in [3.8, 4) is 10.6 Å². The van der Waals surface area contributed by atoms with Crippen LogP contribution in [-0.4, -0.2) is 40.2 Å². The molecule has 5 nitrogen and oxygen atoms in total. The van der Waals surface area contributed by atoms with Crippen molar-refractivity contribution >= 4 is 23.1 Å². The summed E-state index contributed by atoms with van der Waals surface area (Å²) in [6.07, 6.45) is 3.20. The highest BCUT2D eigenvalue weighted by molar-refractivity contribution is 7.13. The number of hydrogen-bond donors (Lipinski definition) is 2. The van der Waals surface area contributed by atoms with E-state index in [1.807, 2.05) is 41.5 Å². The van der Waals surface area contributed by atoms with Gasteiger partial charge in [-0.2, -0.15) is 0 Å². The predicted octanol–water partition coefficient (Wildman–Crippen LogP) is 3.43. The topological polar surface area (TPSA) is 65.5 Å². The molecule has 0 radical (unpaired) electrons. The van der Waals surface area contributed by atoms with Gasteiger partial charge in [0.2, 0.25) is 0 Å². The van der Waals surface area contributed by atoms with Gasteiger partial charge in [0, 0.05) is 35.9 Å². The highest BCUT2D eigenvalue weighted by atomic mass is 32.1. The zero-order valence-corrected chi connectivity index (χ0v) is 13.9. The van der Waals surface area contributed by atoms with E-state index in [9.17, 15) is 9.90 Å². The van der Waals surface area contributed by atoms with Gasteiger partial charge < -0.3 is 15.3 Å². The summed E-state index contributed by atoms with van der Waals surface area (Å²) in [7, 11) is 0. The van der Waals surface area contributed by atoms with Crippen LogP contribution in [0.3, 0.4) is 0 Å². The number of likely N-dealkylation sites (tertiary alicyclic amines) is 1. The van der Waals surface area contributed by atoms with Gasteiger partial charge in [0.25, 0.3) is 0 Å². The standard InChI is InChI=1S/C17H21N3O2S/c1-12(21)13-6-9-20(10-7-13)17(22)19-15-4-2-14(3-5-15)16-18-8-11-23-16/h2-5,8,11-13,21H,6-7,9-10H2,1H3,(H,19,22)/t12-/m0/s1. The minimum Gasteiger partial charge on any atom is -0.393 e. The number of nitrogens with zero attached hydrogens (tertiary/aromatic N) is 2. The Labute approximate surface area is 140 Å². The summed E-state index contributed by atoms with van der Waals surface area (Å²) in [5, 5.41) is 15.5. The fourth-order valence-corrected chi connectivity index (χ4v) is 3.49. The van der Waals surface area contributed by atoms with Gasteiger partial charge in [0.15, 0.2) is 0 Å². The minimum absolute atomic E-state index is 0.0731. The van der Waals surface area contributed by atoms with Crippen LogP contribution in [0.15, 0.2) is 35.8 Å². The zero-order valence-electron chi connectivity index (χ0n) is 13.1. The summed E-state index contributed by atoms with van der Waals surface area (Å²) in [6.45, 7) is 3.21. The van der Waals surface area contributed by atoms with Crippen LogP contribution in [0.2, 0.25) is 0 Å². The van der Waals surface area contributed by atoms with E-state index in [2.05, 4.69) is 10.3 Å². The molecule has 23 heavy (non-hydrogen) atoms. The van der Waals surface area contributed by atoms with Crippen LogP contribution < -0.4 is 5.32 Å². The molecule has 2 amide bonds. The van der Waals surface area contributed by atoms with E-state index in [1.165, 1.54) is 0 Å². The number of anilines is 1. The number of aliphatic hydroxyl groups excluding tert-OH is 1. The number of nitrogens with one attached hydrogen (secondary N) is 1. The Morgan fingerprint density at radius 1 is 1.35 bits per heavy atom. The second kappa shape index (κ2) is 7.10. The molecule has 1 aromatic carbocycles. The third kappa shape index (κ3) is 3.89. The van der Waals surface area contributed by atoms with Crippen molar-refractivity contribution in [2.45, 2.75) is 25.9 Å². The number of amides is 2. The summed E-state index contributed by atoms with van der Waals surface area (Å²) in [4.78, 5) is 18.4. The van der Waals surface area contributed by atoms with E-state index in [0.29, 0.717) is 19.0 Å². The second-order valence-corrected chi connectivity index (χ2v) is 6.80. The van der Waals surface area contributed by atoms with Crippen molar-refractivity contribution in [2.24, 2.45) is 5.92 Å². The molecule has 2 heterocycles. The summed E-state index contributed by atoms with van der Waals surface area (Å²) in [6, 6.07) is 7.66. The van der Waals surface area contributed by atoms with Crippen molar-refractivity contribution < 1.29 is 9.90 Å². The molecule has 1 atom stereocenters. The van der Waals surface area contributed by atoms with Gasteiger partial charge in [-0.3, -0.25) is 0 Å². The quantitative estimate of drug-likeness (QED) is 0.905. The summed E-state index contributed by atoms with van der Waals surface area (Å²) < 4.78 is 0. The lowest BCUT2D eigenvalue weighted by Crippen LogP contribution is -2.42. The lowest BCUT2D eigenvalue weighted by Gasteiger charge is -2.33. The minimum atomic E-state index is -0.293. The highest BCUT2D eigenvalue weighted by Crippen LogP contribution is 2.24. The number of rotatable bonds is 3. The summed E-state index contributed by atoms with van der Waals surface area (Å²) in [5.41, 5.74) is 1.84. The smallest absolute Gasteiger partial charge is 0.321 e. The van der Waals surface area contributed by atoms with Crippen LogP contribution >= 0.6 is 11.3 Å². The van der Waals surface area contributed by atoms with E-state index >= 15 is 0 Å². The van der Waals surface area contributed by atoms with E-state index < -0.39 is 0 Å². The molecule has 122 valence electrons. The van der Waals surface area contributed by atoms with Gasteiger partial charge >= 0.3 is 6.03 Å². The monoisotopic (exact) mass is 331 g/mol. The van der Waals surface area contributed by atoms with Crippen LogP contribution in [0.1, 0.15) is 19.8 Å². The van der Waals surface area contributed by atoms with Crippen LogP contribution in [0, 0.1) is 5.92 Å². The lowest BCUT2D eigenvalue weighted by atomic mass is 9.92. The Morgan fingerprint density at radius 2 is 2.04 bits per heavy atom. The normalized spacial score (nSPS) is 17.0. The van der Waals surface area contributed by atoms with Crippen LogP contribution in [0.4, 0.5) is 10.5 Å². The molecule has 0 unspecified atom stereocenters. The molecule has 0 spiro atoms. The number of hydrogen-bond acceptors (Lipinski definition) is 4. The fourth-order valence-electron chi connectivity index (χ4n) is 2.85. The Bertz CT molecular complexity index is 632. The maximum atomic E-state index is 12.3. The third-order valence-electron chi connectivity index (χ3n) is 4.32. The molecular formula is C17H21N3O2S. The van der Waals surface area contributed by atoms with Crippen molar-refractivity contribution in [2.75, 3.05) is 18.4 Å². The van der Waals surface area contributed by atoms with Gasteiger partial charge in [-0.25, -0.2) is 9.78 Å². The molecule has 2 aromatic rings. The molecule has 2 N–H and O–H groups in total. The van der Waals surface area contributed by atoms with E-state index in [4.69, 9.17) is 0 Å². The molecule has 0 saturated carbocycles. The number of carbonyl (C=O) groups excluding carboxylic acids is 1. The third-order valence-corrected chi connectivity index (χ3v) is 5.15. The number of thiazole rings is 1. The van der Waals surface area contributed by atoms with Crippen LogP contribution in [-0.2, 0) is 0 Å². The lowest BCUT2D eigenvalue weighted by molar-refractivity contribution is 0.0820. The van der Waals surface area contributed by atoms with Crippen LogP contribution in [0.25, 0.3) is 10.6 Å². The van der Waals surface area contributed by atoms with Gasteiger partial charge in [-0.05, 0) is 49.9 Å². The van der Waals surface area contributed by atoms with E-state index in [1.54, 1.807) is 17.5 Å². The van der Waals surface area contributed by atoms with Crippen LogP contribution in [0.5, 0.6) is 0 Å². The van der Waals surface area contributed by atoms with E-state index in [0.717, 1.165) is 29.1 Å². The largest absolute Gasteiger partial charge is 0.393 e. The summed E-state index contributed by atoms with van der Waals surface area (Å²) >= 11 is 1.59. The van der Waals surface area contributed by atoms with E-state index in [-0.39, 0.29) is 12.1 Å². The van der Waals surface area contributed by atoms with Gasteiger partial charge in [0.05, 0.1) is 6.10 Å². The first kappa shape index (κ1) is 16.0. The number of carbonyl (C=O) groups is 1. The van der Waals surface area contributed by atoms with Crippen molar-refractivity contribution in [3.05, 3.63) is 35.8 Å². The van der Waals surface area contributed by atoms with Crippen molar-refractivity contribution in [1.29, 1.82) is 0 Å². The SMILES string of the molecule is C[C@H](O)C1CCN(C(=O)Nc2ccc(-c3nccs3)cc2)CC1. The van der Waals surface area contributed by atoms with Crippen molar-refractivity contribution in [1.82, 2.24) is 9.88 Å². The van der Waals surface area contributed by atoms with Crippen molar-refractivity contribution in [3.63, 3.8) is 0 Å². The molecule has 0 bridgehead atoms. The molecule has 1 aliphatic rings. The zero-order chi connectivity index (χ0) is 16.2. The Kier molecular flexibility index (Phi) is 4.93. The number of aromatic nitrogens is 1. The van der Waals surface area contributed by atoms with Gasteiger partial charge in [-0.1, -0.05) is 0 Å². The molecular weight excluding hydrogens is 310 g/mol. The highest BCUT2D eigenvalue weighted by Gasteiger charge is 2.25. The number of benzene rings is 1. The molecule has 1 fully saturated rings. The Hall–Kier alpha value is -1.92. The predicted molar refractivity (Wildman–Crippen MR) is 92.5 cm³/mol. The molecule has 6 heteroatoms. The molecule has 1 aliphatic heterocycles. The molecule has 0 aliphatic carbocycles. The number of urea groups is 1. The number of piperidine rings is 1. The molecule has 1 aromatic heterocycles. The second-order valence-electron chi connectivity index (χ2n) is 5.91. The molecule has 3 rings (SSSR count). The first-order valence-corrected chi connectivity index (χ1v) is 8.75. The maximum Gasteiger partial charge on any atom is 0.321 e. The maximum absolute atomic E-state index is 12.3. The number of aliphatic hydroxyl groups is 1.